The van der Waals surface area contributed by atoms with E-state index in [1.807, 2.05) is 49.6 Å². The fraction of sp³-hybridized carbons (Fsp3) is 0.267. The van der Waals surface area contributed by atoms with Gasteiger partial charge in [0.05, 0.1) is 12.2 Å². The molecule has 2 aromatic rings. The maximum Gasteiger partial charge on any atom is 0.126 e. The van der Waals surface area contributed by atoms with Crippen LogP contribution in [0.2, 0.25) is 0 Å². The molecule has 2 N–H and O–H groups in total. The standard InChI is InChI=1S/C15H17N3O/c1-4-19-13-7-5-12(6-8-13)18-11(3)10(2)14(9-16)15(18)17/h5-8H,4,17H2,1-3H3. The fourth-order valence-corrected chi connectivity index (χ4v) is 2.17. The zero-order chi connectivity index (χ0) is 14.0. The minimum atomic E-state index is 0.488. The average molecular weight is 255 g/mol. The third-order valence-corrected chi connectivity index (χ3v) is 3.27. The lowest BCUT2D eigenvalue weighted by atomic mass is 10.2. The van der Waals surface area contributed by atoms with Crippen LogP contribution in [0.1, 0.15) is 23.7 Å². The highest BCUT2D eigenvalue weighted by Gasteiger charge is 2.16. The second-order valence-corrected chi connectivity index (χ2v) is 4.34. The van der Waals surface area contributed by atoms with Gasteiger partial charge in [-0.05, 0) is 50.6 Å². The summed E-state index contributed by atoms with van der Waals surface area (Å²) >= 11 is 0. The molecule has 98 valence electrons. The normalized spacial score (nSPS) is 10.2. The van der Waals surface area contributed by atoms with Crippen LogP contribution in [0.25, 0.3) is 5.69 Å². The highest BCUT2D eigenvalue weighted by molar-refractivity contribution is 5.62. The van der Waals surface area contributed by atoms with Crippen molar-refractivity contribution in [3.8, 4) is 17.5 Å². The van der Waals surface area contributed by atoms with Crippen LogP contribution in [0.15, 0.2) is 24.3 Å². The number of rotatable bonds is 3. The number of hydrogen-bond acceptors (Lipinski definition) is 3. The molecule has 0 aliphatic heterocycles. The largest absolute Gasteiger partial charge is 0.494 e. The smallest absolute Gasteiger partial charge is 0.126 e. The highest BCUT2D eigenvalue weighted by Crippen LogP contribution is 2.28. The monoisotopic (exact) mass is 255 g/mol. The van der Waals surface area contributed by atoms with Gasteiger partial charge in [-0.25, -0.2) is 0 Å². The number of ether oxygens (including phenoxy) is 1. The van der Waals surface area contributed by atoms with Gasteiger partial charge in [-0.15, -0.1) is 0 Å². The molecule has 0 saturated heterocycles. The molecule has 0 fully saturated rings. The maximum atomic E-state index is 9.13. The lowest BCUT2D eigenvalue weighted by Gasteiger charge is -2.10. The fourth-order valence-electron chi connectivity index (χ4n) is 2.17. The molecule has 4 nitrogen and oxygen atoms in total. The lowest BCUT2D eigenvalue weighted by Crippen LogP contribution is -2.02. The van der Waals surface area contributed by atoms with E-state index in [4.69, 9.17) is 15.7 Å². The Labute approximate surface area is 113 Å². The first-order valence-electron chi connectivity index (χ1n) is 6.20. The zero-order valence-corrected chi connectivity index (χ0v) is 11.4. The maximum absolute atomic E-state index is 9.13. The number of anilines is 1. The Hall–Kier alpha value is -2.41. The molecule has 0 bridgehead atoms. The van der Waals surface area contributed by atoms with Crippen molar-refractivity contribution in [3.63, 3.8) is 0 Å². The van der Waals surface area contributed by atoms with Gasteiger partial charge in [0.25, 0.3) is 0 Å². The van der Waals surface area contributed by atoms with Gasteiger partial charge in [0, 0.05) is 11.4 Å². The summed E-state index contributed by atoms with van der Waals surface area (Å²) in [7, 11) is 0. The van der Waals surface area contributed by atoms with Gasteiger partial charge in [-0.3, -0.25) is 4.57 Å². The highest BCUT2D eigenvalue weighted by atomic mass is 16.5. The van der Waals surface area contributed by atoms with E-state index >= 15 is 0 Å². The van der Waals surface area contributed by atoms with E-state index in [0.29, 0.717) is 18.0 Å². The molecule has 1 aromatic heterocycles. The molecule has 0 aliphatic carbocycles. The molecule has 0 unspecified atom stereocenters. The molecule has 0 amide bonds. The van der Waals surface area contributed by atoms with Crippen LogP contribution in [0.3, 0.4) is 0 Å². The van der Waals surface area contributed by atoms with E-state index in [1.54, 1.807) is 0 Å². The van der Waals surface area contributed by atoms with Gasteiger partial charge < -0.3 is 10.5 Å². The third kappa shape index (κ3) is 2.15. The summed E-state index contributed by atoms with van der Waals surface area (Å²) in [6.45, 7) is 6.46. The number of nitrogen functional groups attached to an aromatic ring is 1. The summed E-state index contributed by atoms with van der Waals surface area (Å²) in [6.07, 6.45) is 0. The lowest BCUT2D eigenvalue weighted by molar-refractivity contribution is 0.340. The van der Waals surface area contributed by atoms with E-state index < -0.39 is 0 Å². The van der Waals surface area contributed by atoms with Crippen LogP contribution in [0, 0.1) is 25.2 Å². The Morgan fingerprint density at radius 1 is 1.26 bits per heavy atom. The van der Waals surface area contributed by atoms with Crippen molar-refractivity contribution in [2.45, 2.75) is 20.8 Å². The predicted molar refractivity (Wildman–Crippen MR) is 75.5 cm³/mol. The second-order valence-electron chi connectivity index (χ2n) is 4.34. The summed E-state index contributed by atoms with van der Waals surface area (Å²) in [6, 6.07) is 9.84. The average Bonchev–Trinajstić information content (AvgIpc) is 2.62. The van der Waals surface area contributed by atoms with Gasteiger partial charge in [-0.1, -0.05) is 0 Å². The number of benzene rings is 1. The minimum Gasteiger partial charge on any atom is -0.494 e. The first kappa shape index (κ1) is 13.0. The number of aromatic nitrogens is 1. The molecule has 1 aromatic carbocycles. The van der Waals surface area contributed by atoms with Crippen LogP contribution < -0.4 is 10.5 Å². The Bertz CT molecular complexity index is 633. The second kappa shape index (κ2) is 5.07. The van der Waals surface area contributed by atoms with E-state index in [1.165, 1.54) is 0 Å². The molecule has 0 spiro atoms. The van der Waals surface area contributed by atoms with E-state index in [9.17, 15) is 0 Å². The van der Waals surface area contributed by atoms with Crippen molar-refractivity contribution >= 4 is 5.82 Å². The molecular weight excluding hydrogens is 238 g/mol. The first-order chi connectivity index (χ1) is 9.10. The SMILES string of the molecule is CCOc1ccc(-n2c(C)c(C)c(C#N)c2N)cc1. The van der Waals surface area contributed by atoms with Crippen molar-refractivity contribution in [1.29, 1.82) is 5.26 Å². The Morgan fingerprint density at radius 3 is 2.37 bits per heavy atom. The quantitative estimate of drug-likeness (QED) is 0.917. The summed E-state index contributed by atoms with van der Waals surface area (Å²) in [5, 5.41) is 9.13. The number of hydrogen-bond donors (Lipinski definition) is 1. The summed E-state index contributed by atoms with van der Waals surface area (Å²) in [4.78, 5) is 0. The van der Waals surface area contributed by atoms with Gasteiger partial charge in [0.2, 0.25) is 0 Å². The predicted octanol–water partition coefficient (Wildman–Crippen LogP) is 2.95. The van der Waals surface area contributed by atoms with E-state index in [0.717, 1.165) is 22.7 Å². The van der Waals surface area contributed by atoms with Crippen LogP contribution in [-0.4, -0.2) is 11.2 Å². The van der Waals surface area contributed by atoms with E-state index in [-0.39, 0.29) is 0 Å². The van der Waals surface area contributed by atoms with Crippen LogP contribution in [0.5, 0.6) is 5.75 Å². The molecule has 1 heterocycles. The van der Waals surface area contributed by atoms with Crippen LogP contribution in [-0.2, 0) is 0 Å². The van der Waals surface area contributed by atoms with Crippen LogP contribution in [0.4, 0.5) is 5.82 Å². The third-order valence-electron chi connectivity index (χ3n) is 3.27. The topological polar surface area (TPSA) is 64.0 Å². The molecule has 0 radical (unpaired) electrons. The van der Waals surface area contributed by atoms with Crippen molar-refractivity contribution in [2.24, 2.45) is 0 Å². The number of nitrogens with two attached hydrogens (primary N) is 1. The minimum absolute atomic E-state index is 0.488. The Balaban J connectivity index is 2.51. The summed E-state index contributed by atoms with van der Waals surface area (Å²) in [5.41, 5.74) is 9.44. The van der Waals surface area contributed by atoms with Gasteiger partial charge in [0.1, 0.15) is 17.6 Å². The Morgan fingerprint density at radius 2 is 1.89 bits per heavy atom. The zero-order valence-electron chi connectivity index (χ0n) is 11.4. The van der Waals surface area contributed by atoms with Gasteiger partial charge in [0.15, 0.2) is 0 Å². The Kier molecular flexibility index (Phi) is 3.48. The van der Waals surface area contributed by atoms with Gasteiger partial charge >= 0.3 is 0 Å². The van der Waals surface area contributed by atoms with Crippen molar-refractivity contribution in [3.05, 3.63) is 41.1 Å². The molecular formula is C15H17N3O. The summed E-state index contributed by atoms with van der Waals surface area (Å²) < 4.78 is 7.31. The van der Waals surface area contributed by atoms with Gasteiger partial charge in [-0.2, -0.15) is 5.26 Å². The molecule has 0 atom stereocenters. The molecule has 19 heavy (non-hydrogen) atoms. The molecule has 0 saturated carbocycles. The molecule has 2 rings (SSSR count). The van der Waals surface area contributed by atoms with Crippen molar-refractivity contribution < 1.29 is 4.74 Å². The first-order valence-corrected chi connectivity index (χ1v) is 6.20. The molecule has 0 aliphatic rings. The van der Waals surface area contributed by atoms with Crippen LogP contribution >= 0.6 is 0 Å². The summed E-state index contributed by atoms with van der Waals surface area (Å²) in [5.74, 6) is 1.31. The van der Waals surface area contributed by atoms with Crippen molar-refractivity contribution in [2.75, 3.05) is 12.3 Å². The number of nitrogens with zero attached hydrogens (tertiary/aromatic N) is 2. The van der Waals surface area contributed by atoms with Crippen molar-refractivity contribution in [1.82, 2.24) is 4.57 Å². The molecule has 4 heteroatoms. The van der Waals surface area contributed by atoms with E-state index in [2.05, 4.69) is 6.07 Å². The number of nitriles is 1.